The smallest absolute Gasteiger partial charge is 0.276 e. The number of hydrogen-bond donors (Lipinski definition) is 0. The van der Waals surface area contributed by atoms with Crippen LogP contribution in [0.2, 0.25) is 0 Å². The molecule has 0 atom stereocenters. The summed E-state index contributed by atoms with van der Waals surface area (Å²) in [4.78, 5) is 17.8. The molecule has 1 amide bonds. The zero-order valence-electron chi connectivity index (χ0n) is 13.0. The van der Waals surface area contributed by atoms with Gasteiger partial charge in [0.05, 0.1) is 4.88 Å². The second-order valence-corrected chi connectivity index (χ2v) is 6.30. The lowest BCUT2D eigenvalue weighted by molar-refractivity contribution is 0.0638. The van der Waals surface area contributed by atoms with Gasteiger partial charge in [-0.3, -0.25) is 4.79 Å². The number of hydrogen-bond acceptors (Lipinski definition) is 5. The van der Waals surface area contributed by atoms with Gasteiger partial charge in [0.2, 0.25) is 0 Å². The average Bonchev–Trinajstić information content (AvgIpc) is 3.04. The van der Waals surface area contributed by atoms with Crippen molar-refractivity contribution in [2.45, 2.75) is 13.8 Å². The minimum Gasteiger partial charge on any atom is -0.335 e. The third kappa shape index (κ3) is 3.03. The summed E-state index contributed by atoms with van der Waals surface area (Å²) >= 11 is 1.29. The summed E-state index contributed by atoms with van der Waals surface area (Å²) in [7, 11) is 0. The molecule has 0 radical (unpaired) electrons. The number of carbonyl (C=O) groups is 1. The number of piperazine rings is 1. The van der Waals surface area contributed by atoms with E-state index in [4.69, 9.17) is 0 Å². The molecule has 5 nitrogen and oxygen atoms in total. The van der Waals surface area contributed by atoms with Crippen LogP contribution >= 0.6 is 11.5 Å². The van der Waals surface area contributed by atoms with E-state index in [1.54, 1.807) is 0 Å². The van der Waals surface area contributed by atoms with E-state index in [9.17, 15) is 4.79 Å². The van der Waals surface area contributed by atoms with Gasteiger partial charge in [0.25, 0.3) is 5.91 Å². The van der Waals surface area contributed by atoms with Gasteiger partial charge >= 0.3 is 0 Å². The van der Waals surface area contributed by atoms with Crippen LogP contribution < -0.4 is 0 Å². The largest absolute Gasteiger partial charge is 0.335 e. The van der Waals surface area contributed by atoms with Crippen LogP contribution in [-0.4, -0.2) is 58.0 Å². The Balaban J connectivity index is 1.80. The van der Waals surface area contributed by atoms with E-state index >= 15 is 0 Å². The Labute approximate surface area is 134 Å². The Morgan fingerprint density at radius 1 is 1.18 bits per heavy atom. The van der Waals surface area contributed by atoms with Crippen molar-refractivity contribution in [1.29, 1.82) is 0 Å². The van der Waals surface area contributed by atoms with Gasteiger partial charge in [-0.1, -0.05) is 41.2 Å². The quantitative estimate of drug-likeness (QED) is 0.872. The van der Waals surface area contributed by atoms with Gasteiger partial charge in [-0.15, -0.1) is 5.10 Å². The molecule has 2 heterocycles. The van der Waals surface area contributed by atoms with Gasteiger partial charge in [0, 0.05) is 26.2 Å². The van der Waals surface area contributed by atoms with Crippen molar-refractivity contribution in [2.24, 2.45) is 0 Å². The maximum Gasteiger partial charge on any atom is 0.276 e. The molecule has 0 saturated carbocycles. The second-order valence-electron chi connectivity index (χ2n) is 5.54. The molecule has 2 aromatic rings. The number of aromatic nitrogens is 2. The van der Waals surface area contributed by atoms with Crippen molar-refractivity contribution in [1.82, 2.24) is 19.4 Å². The number of likely N-dealkylation sites (N-methyl/N-ethyl adjacent to an activating group) is 1. The molecule has 1 aromatic heterocycles. The fraction of sp³-hybridized carbons (Fsp3) is 0.438. The van der Waals surface area contributed by atoms with Gasteiger partial charge in [0.1, 0.15) is 0 Å². The predicted octanol–water partition coefficient (Wildman–Crippen LogP) is 2.29. The molecule has 1 fully saturated rings. The van der Waals surface area contributed by atoms with E-state index in [0.29, 0.717) is 5.69 Å². The molecule has 1 aliphatic heterocycles. The Hall–Kier alpha value is -1.79. The molecule has 22 heavy (non-hydrogen) atoms. The summed E-state index contributed by atoms with van der Waals surface area (Å²) in [6.45, 7) is 8.62. The first-order chi connectivity index (χ1) is 10.7. The highest BCUT2D eigenvalue weighted by Crippen LogP contribution is 2.27. The fourth-order valence-electron chi connectivity index (χ4n) is 2.64. The lowest BCUT2D eigenvalue weighted by atomic mass is 10.1. The highest BCUT2D eigenvalue weighted by Gasteiger charge is 2.26. The monoisotopic (exact) mass is 316 g/mol. The minimum atomic E-state index is 0.0000723. The summed E-state index contributed by atoms with van der Waals surface area (Å²) in [6, 6.07) is 8.14. The third-order valence-electron chi connectivity index (χ3n) is 4.11. The van der Waals surface area contributed by atoms with E-state index in [-0.39, 0.29) is 5.91 Å². The highest BCUT2D eigenvalue weighted by atomic mass is 32.1. The topological polar surface area (TPSA) is 49.3 Å². The van der Waals surface area contributed by atoms with Crippen molar-refractivity contribution < 1.29 is 4.79 Å². The second kappa shape index (κ2) is 6.54. The molecule has 1 saturated heterocycles. The Morgan fingerprint density at radius 2 is 1.86 bits per heavy atom. The van der Waals surface area contributed by atoms with Crippen LogP contribution in [0.15, 0.2) is 24.3 Å². The molecule has 0 aliphatic carbocycles. The molecular weight excluding hydrogens is 296 g/mol. The normalized spacial score (nSPS) is 16.0. The number of benzene rings is 1. The molecule has 0 N–H and O–H groups in total. The van der Waals surface area contributed by atoms with Crippen LogP contribution in [0.4, 0.5) is 0 Å². The minimum absolute atomic E-state index is 0.0000723. The molecule has 1 aliphatic rings. The molecular formula is C16H20N4OS. The number of rotatable bonds is 3. The SMILES string of the molecule is CCN1CCN(C(=O)c2nnsc2-c2ccc(C)cc2)CC1. The van der Waals surface area contributed by atoms with Crippen LogP contribution in [0.1, 0.15) is 23.0 Å². The number of carbonyl (C=O) groups excluding carboxylic acids is 1. The van der Waals surface area contributed by atoms with Crippen LogP contribution in [0.25, 0.3) is 10.4 Å². The molecule has 6 heteroatoms. The van der Waals surface area contributed by atoms with Gasteiger partial charge in [0.15, 0.2) is 5.69 Å². The Bertz CT molecular complexity index is 644. The average molecular weight is 316 g/mol. The summed E-state index contributed by atoms with van der Waals surface area (Å²) in [5.74, 6) is 0.0000723. The number of amides is 1. The van der Waals surface area contributed by atoms with Crippen molar-refractivity contribution in [3.8, 4) is 10.4 Å². The van der Waals surface area contributed by atoms with Crippen molar-refractivity contribution >= 4 is 17.4 Å². The van der Waals surface area contributed by atoms with Crippen LogP contribution in [0.5, 0.6) is 0 Å². The standard InChI is InChI=1S/C16H20N4OS/c1-3-19-8-10-20(11-9-19)16(21)14-15(22-18-17-14)13-6-4-12(2)5-7-13/h4-7H,3,8-11H2,1-2H3. The summed E-state index contributed by atoms with van der Waals surface area (Å²) in [6.07, 6.45) is 0. The summed E-state index contributed by atoms with van der Waals surface area (Å²) in [5.41, 5.74) is 2.69. The Kier molecular flexibility index (Phi) is 4.49. The zero-order valence-corrected chi connectivity index (χ0v) is 13.8. The van der Waals surface area contributed by atoms with Crippen molar-refractivity contribution in [3.63, 3.8) is 0 Å². The lowest BCUT2D eigenvalue weighted by Crippen LogP contribution is -2.48. The maximum absolute atomic E-state index is 12.7. The molecule has 0 spiro atoms. The number of aryl methyl sites for hydroxylation is 1. The van der Waals surface area contributed by atoms with Gasteiger partial charge in [-0.2, -0.15) is 0 Å². The fourth-order valence-corrected chi connectivity index (χ4v) is 3.30. The molecule has 0 unspecified atom stereocenters. The van der Waals surface area contributed by atoms with Gasteiger partial charge < -0.3 is 9.80 Å². The first kappa shape index (κ1) is 15.1. The predicted molar refractivity (Wildman–Crippen MR) is 88.1 cm³/mol. The van der Waals surface area contributed by atoms with E-state index in [0.717, 1.165) is 43.2 Å². The lowest BCUT2D eigenvalue weighted by Gasteiger charge is -2.33. The maximum atomic E-state index is 12.7. The summed E-state index contributed by atoms with van der Waals surface area (Å²) < 4.78 is 4.00. The van der Waals surface area contributed by atoms with Crippen LogP contribution in [-0.2, 0) is 0 Å². The zero-order chi connectivity index (χ0) is 15.5. The van der Waals surface area contributed by atoms with Crippen molar-refractivity contribution in [3.05, 3.63) is 35.5 Å². The molecule has 3 rings (SSSR count). The molecule has 1 aromatic carbocycles. The molecule has 0 bridgehead atoms. The van der Waals surface area contributed by atoms with Crippen LogP contribution in [0, 0.1) is 6.92 Å². The molecule has 116 valence electrons. The third-order valence-corrected chi connectivity index (χ3v) is 4.89. The van der Waals surface area contributed by atoms with E-state index in [2.05, 4.69) is 21.4 Å². The van der Waals surface area contributed by atoms with Gasteiger partial charge in [-0.25, -0.2) is 0 Å². The van der Waals surface area contributed by atoms with Gasteiger partial charge in [-0.05, 0) is 30.6 Å². The Morgan fingerprint density at radius 3 is 2.50 bits per heavy atom. The van der Waals surface area contributed by atoms with E-state index in [1.165, 1.54) is 17.1 Å². The number of nitrogens with zero attached hydrogens (tertiary/aromatic N) is 4. The van der Waals surface area contributed by atoms with E-state index < -0.39 is 0 Å². The van der Waals surface area contributed by atoms with E-state index in [1.807, 2.05) is 36.1 Å². The highest BCUT2D eigenvalue weighted by molar-refractivity contribution is 7.09. The first-order valence-electron chi connectivity index (χ1n) is 7.60. The summed E-state index contributed by atoms with van der Waals surface area (Å²) in [5, 5.41) is 4.09. The van der Waals surface area contributed by atoms with Crippen LogP contribution in [0.3, 0.4) is 0 Å². The first-order valence-corrected chi connectivity index (χ1v) is 8.37. The van der Waals surface area contributed by atoms with Crippen molar-refractivity contribution in [2.75, 3.05) is 32.7 Å².